The Bertz CT molecular complexity index is 1430. The van der Waals surface area contributed by atoms with Crippen molar-refractivity contribution in [1.29, 1.82) is 0 Å². The number of nitrogens with zero attached hydrogens (tertiary/aromatic N) is 6. The molecule has 5 rings (SSSR count). The minimum atomic E-state index is -3.52. The summed E-state index contributed by atoms with van der Waals surface area (Å²) in [5.74, 6) is 2.02. The number of fused-ring (bicyclic) bond motifs is 1. The van der Waals surface area contributed by atoms with E-state index in [1.165, 1.54) is 0 Å². The van der Waals surface area contributed by atoms with Crippen LogP contribution in [0.5, 0.6) is 0 Å². The van der Waals surface area contributed by atoms with Crippen molar-refractivity contribution in [3.8, 4) is 5.69 Å². The summed E-state index contributed by atoms with van der Waals surface area (Å²) < 4.78 is 29.6. The zero-order valence-electron chi connectivity index (χ0n) is 20.3. The van der Waals surface area contributed by atoms with Crippen LogP contribution in [-0.4, -0.2) is 58.7 Å². The van der Waals surface area contributed by atoms with Crippen molar-refractivity contribution in [2.24, 2.45) is 5.92 Å². The topological polar surface area (TPSA) is 84.2 Å². The first kappa shape index (κ1) is 23.4. The van der Waals surface area contributed by atoms with Crippen molar-refractivity contribution in [1.82, 2.24) is 24.1 Å². The van der Waals surface area contributed by atoms with Crippen molar-refractivity contribution in [2.45, 2.75) is 32.1 Å². The lowest BCUT2D eigenvalue weighted by Gasteiger charge is -2.35. The third kappa shape index (κ3) is 4.53. The number of aryl methyl sites for hydroxylation is 1. The molecule has 2 aromatic carbocycles. The molecule has 0 aliphatic carbocycles. The van der Waals surface area contributed by atoms with Gasteiger partial charge < -0.3 is 4.90 Å². The quantitative estimate of drug-likeness (QED) is 0.408. The minimum Gasteiger partial charge on any atom is -0.353 e. The smallest absolute Gasteiger partial charge is 0.243 e. The maximum atomic E-state index is 13.1. The van der Waals surface area contributed by atoms with Crippen LogP contribution in [0.1, 0.15) is 25.4 Å². The molecule has 1 aliphatic rings. The predicted molar refractivity (Wildman–Crippen MR) is 137 cm³/mol. The summed E-state index contributed by atoms with van der Waals surface area (Å²) in [5, 5.41) is 5.73. The Hall–Kier alpha value is -3.30. The van der Waals surface area contributed by atoms with E-state index in [4.69, 9.17) is 15.1 Å². The number of hydrogen-bond acceptors (Lipinski definition) is 6. The molecule has 4 aromatic rings. The largest absolute Gasteiger partial charge is 0.353 e. The summed E-state index contributed by atoms with van der Waals surface area (Å²) in [4.78, 5) is 12.4. The van der Waals surface area contributed by atoms with Gasteiger partial charge in [0.05, 0.1) is 21.7 Å². The van der Waals surface area contributed by atoms with Crippen LogP contribution >= 0.6 is 0 Å². The number of hydrogen-bond donors (Lipinski definition) is 0. The second-order valence-corrected chi connectivity index (χ2v) is 11.2. The van der Waals surface area contributed by atoms with Crippen molar-refractivity contribution < 1.29 is 8.42 Å². The molecular formula is C26H30N6O2S. The molecule has 9 heteroatoms. The molecule has 0 spiro atoms. The van der Waals surface area contributed by atoms with Gasteiger partial charge in [-0.05, 0) is 37.1 Å². The number of benzene rings is 2. The van der Waals surface area contributed by atoms with Gasteiger partial charge in [-0.25, -0.2) is 23.1 Å². The molecule has 0 unspecified atom stereocenters. The molecule has 35 heavy (non-hydrogen) atoms. The van der Waals surface area contributed by atoms with E-state index in [0.717, 1.165) is 40.5 Å². The average molecular weight is 491 g/mol. The second-order valence-electron chi connectivity index (χ2n) is 9.30. The van der Waals surface area contributed by atoms with E-state index >= 15 is 0 Å². The standard InChI is InChI=1S/C26H30N6O2S/c1-19(2)18-23-27-25(24-20(3)29-32(26(24)28-23)21-10-6-4-7-11-21)30-14-16-31(17-15-30)35(33,34)22-12-8-5-9-13-22/h4-13,19H,14-18H2,1-3H3. The van der Waals surface area contributed by atoms with Crippen molar-refractivity contribution in [2.75, 3.05) is 31.1 Å². The summed E-state index contributed by atoms with van der Waals surface area (Å²) in [7, 11) is -3.52. The number of aromatic nitrogens is 4. The first-order valence-electron chi connectivity index (χ1n) is 12.0. The first-order valence-corrected chi connectivity index (χ1v) is 13.4. The van der Waals surface area contributed by atoms with Gasteiger partial charge in [0.15, 0.2) is 5.65 Å². The molecule has 0 radical (unpaired) electrons. The van der Waals surface area contributed by atoms with E-state index in [1.807, 2.05) is 48.0 Å². The maximum Gasteiger partial charge on any atom is 0.243 e. The zero-order chi connectivity index (χ0) is 24.6. The van der Waals surface area contributed by atoms with Crippen LogP contribution in [0.15, 0.2) is 65.6 Å². The number of rotatable bonds is 6. The molecule has 0 saturated carbocycles. The Morgan fingerprint density at radius 2 is 1.51 bits per heavy atom. The Balaban J connectivity index is 1.51. The van der Waals surface area contributed by atoms with E-state index in [0.29, 0.717) is 37.0 Å². The molecule has 0 atom stereocenters. The van der Waals surface area contributed by atoms with Crippen LogP contribution in [-0.2, 0) is 16.4 Å². The summed E-state index contributed by atoms with van der Waals surface area (Å²) >= 11 is 0. The van der Waals surface area contributed by atoms with E-state index in [2.05, 4.69) is 18.7 Å². The molecule has 0 amide bonds. The SMILES string of the molecule is Cc1nn(-c2ccccc2)c2nc(CC(C)C)nc(N3CCN(S(=O)(=O)c4ccccc4)CC3)c12. The third-order valence-corrected chi connectivity index (χ3v) is 8.15. The number of anilines is 1. The van der Waals surface area contributed by atoms with Gasteiger partial charge in [-0.2, -0.15) is 9.40 Å². The van der Waals surface area contributed by atoms with E-state index in [-0.39, 0.29) is 0 Å². The zero-order valence-corrected chi connectivity index (χ0v) is 21.1. The number of para-hydroxylation sites is 1. The van der Waals surface area contributed by atoms with Crippen molar-refractivity contribution in [3.05, 3.63) is 72.2 Å². The highest BCUT2D eigenvalue weighted by molar-refractivity contribution is 7.89. The lowest BCUT2D eigenvalue weighted by atomic mass is 10.1. The molecule has 0 bridgehead atoms. The van der Waals surface area contributed by atoms with Crippen LogP contribution in [0.4, 0.5) is 5.82 Å². The highest BCUT2D eigenvalue weighted by Gasteiger charge is 2.30. The van der Waals surface area contributed by atoms with Gasteiger partial charge in [0.1, 0.15) is 11.6 Å². The van der Waals surface area contributed by atoms with Crippen molar-refractivity contribution >= 4 is 26.9 Å². The molecule has 8 nitrogen and oxygen atoms in total. The number of piperazine rings is 1. The van der Waals surface area contributed by atoms with Gasteiger partial charge in [-0.15, -0.1) is 0 Å². The Morgan fingerprint density at radius 3 is 2.14 bits per heavy atom. The molecule has 1 aliphatic heterocycles. The molecule has 0 N–H and O–H groups in total. The fourth-order valence-corrected chi connectivity index (χ4v) is 5.97. The molecular weight excluding hydrogens is 460 g/mol. The fraction of sp³-hybridized carbons (Fsp3) is 0.346. The van der Waals surface area contributed by atoms with Crippen LogP contribution in [0.3, 0.4) is 0 Å². The van der Waals surface area contributed by atoms with Gasteiger partial charge in [0, 0.05) is 32.6 Å². The maximum absolute atomic E-state index is 13.1. The van der Waals surface area contributed by atoms with E-state index in [9.17, 15) is 8.42 Å². The van der Waals surface area contributed by atoms with Gasteiger partial charge >= 0.3 is 0 Å². The van der Waals surface area contributed by atoms with E-state index in [1.54, 1.807) is 28.6 Å². The van der Waals surface area contributed by atoms with Gasteiger partial charge in [-0.1, -0.05) is 50.2 Å². The third-order valence-electron chi connectivity index (χ3n) is 6.24. The van der Waals surface area contributed by atoms with Crippen LogP contribution in [0.25, 0.3) is 16.7 Å². The highest BCUT2D eigenvalue weighted by Crippen LogP contribution is 2.30. The summed E-state index contributed by atoms with van der Waals surface area (Å²) in [6, 6.07) is 18.6. The van der Waals surface area contributed by atoms with Crippen LogP contribution in [0.2, 0.25) is 0 Å². The van der Waals surface area contributed by atoms with Crippen LogP contribution < -0.4 is 4.90 Å². The predicted octanol–water partition coefficient (Wildman–Crippen LogP) is 3.83. The molecule has 1 fully saturated rings. The number of sulfonamides is 1. The Morgan fingerprint density at radius 1 is 0.886 bits per heavy atom. The molecule has 182 valence electrons. The Labute approximate surface area is 206 Å². The lowest BCUT2D eigenvalue weighted by molar-refractivity contribution is 0.384. The summed E-state index contributed by atoms with van der Waals surface area (Å²) in [5.41, 5.74) is 2.59. The van der Waals surface area contributed by atoms with Gasteiger partial charge in [0.2, 0.25) is 10.0 Å². The minimum absolute atomic E-state index is 0.331. The van der Waals surface area contributed by atoms with Crippen molar-refractivity contribution in [3.63, 3.8) is 0 Å². The molecule has 1 saturated heterocycles. The van der Waals surface area contributed by atoms with Gasteiger partial charge in [0.25, 0.3) is 0 Å². The first-order chi connectivity index (χ1) is 16.8. The summed E-state index contributed by atoms with van der Waals surface area (Å²) in [6.07, 6.45) is 0.754. The molecule has 3 heterocycles. The lowest BCUT2D eigenvalue weighted by Crippen LogP contribution is -2.49. The van der Waals surface area contributed by atoms with E-state index < -0.39 is 10.0 Å². The fourth-order valence-electron chi connectivity index (χ4n) is 4.52. The Kier molecular flexibility index (Phi) is 6.29. The summed E-state index contributed by atoms with van der Waals surface area (Å²) in [6.45, 7) is 8.18. The monoisotopic (exact) mass is 490 g/mol. The normalized spacial score (nSPS) is 15.3. The molecule has 2 aromatic heterocycles. The van der Waals surface area contributed by atoms with Gasteiger partial charge in [-0.3, -0.25) is 0 Å². The average Bonchev–Trinajstić information content (AvgIpc) is 3.20. The highest BCUT2D eigenvalue weighted by atomic mass is 32.2. The van der Waals surface area contributed by atoms with Crippen LogP contribution in [0, 0.1) is 12.8 Å². The second kappa shape index (κ2) is 9.39.